The third-order valence-corrected chi connectivity index (χ3v) is 7.75. The largest absolute Gasteiger partial charge is 0.344 e. The third-order valence-electron chi connectivity index (χ3n) is 7.75. The molecule has 0 radical (unpaired) electrons. The standard InChI is InChI=1S/C28H41N7O4/c1-17(2)15-23-25-29-19(4)32-35(25)14-13-34(12-8-11-24(36)33(5)18(3)26(37)31-23)28(39)21-16-20-9-6-7-10-22(20)30-27(21)38/h16-18,23H,6-15H2,1-5H3,(H,30,38)(H,31,37)/t18-,23+/m0/s1. The predicted octanol–water partition coefficient (Wildman–Crippen LogP) is 2.14. The normalized spacial score (nSPS) is 21.3. The van der Waals surface area contributed by atoms with Crippen molar-refractivity contribution in [2.24, 2.45) is 5.92 Å². The van der Waals surface area contributed by atoms with E-state index in [1.54, 1.807) is 36.5 Å². The van der Waals surface area contributed by atoms with E-state index >= 15 is 0 Å². The fourth-order valence-electron chi connectivity index (χ4n) is 5.41. The molecule has 2 aromatic rings. The fourth-order valence-corrected chi connectivity index (χ4v) is 5.41. The van der Waals surface area contributed by atoms with Crippen molar-refractivity contribution in [3.8, 4) is 0 Å². The average molecular weight is 540 g/mol. The van der Waals surface area contributed by atoms with Gasteiger partial charge in [-0.25, -0.2) is 9.67 Å². The molecule has 0 fully saturated rings. The van der Waals surface area contributed by atoms with Crippen molar-refractivity contribution >= 4 is 17.7 Å². The lowest BCUT2D eigenvalue weighted by molar-refractivity contribution is -0.138. The molecule has 39 heavy (non-hydrogen) atoms. The number of aromatic amines is 1. The molecule has 0 spiro atoms. The number of nitrogens with one attached hydrogen (secondary N) is 2. The van der Waals surface area contributed by atoms with E-state index in [1.165, 1.54) is 4.90 Å². The number of likely N-dealkylation sites (N-methyl/N-ethyl adjacent to an activating group) is 1. The van der Waals surface area contributed by atoms with E-state index in [2.05, 4.69) is 34.2 Å². The van der Waals surface area contributed by atoms with Crippen molar-refractivity contribution in [2.45, 2.75) is 91.3 Å². The van der Waals surface area contributed by atoms with Crippen molar-refractivity contribution in [3.05, 3.63) is 44.9 Å². The molecule has 0 aromatic carbocycles. The predicted molar refractivity (Wildman–Crippen MR) is 146 cm³/mol. The number of hydrogen-bond acceptors (Lipinski definition) is 6. The quantitative estimate of drug-likeness (QED) is 0.614. The molecule has 212 valence electrons. The highest BCUT2D eigenvalue weighted by atomic mass is 16.2. The topological polar surface area (TPSA) is 133 Å². The molecule has 0 bridgehead atoms. The van der Waals surface area contributed by atoms with Gasteiger partial charge in [0.25, 0.3) is 11.5 Å². The van der Waals surface area contributed by atoms with E-state index < -0.39 is 12.1 Å². The summed E-state index contributed by atoms with van der Waals surface area (Å²) in [4.78, 5) is 63.3. The Kier molecular flexibility index (Phi) is 8.87. The van der Waals surface area contributed by atoms with Crippen LogP contribution in [0.5, 0.6) is 0 Å². The number of aryl methyl sites for hydroxylation is 3. The number of aromatic nitrogens is 4. The van der Waals surface area contributed by atoms with Gasteiger partial charge in [0.2, 0.25) is 11.8 Å². The van der Waals surface area contributed by atoms with E-state index in [-0.39, 0.29) is 47.7 Å². The van der Waals surface area contributed by atoms with Gasteiger partial charge in [0, 0.05) is 32.3 Å². The van der Waals surface area contributed by atoms with Crippen LogP contribution in [0.2, 0.25) is 0 Å². The number of pyridine rings is 1. The summed E-state index contributed by atoms with van der Waals surface area (Å²) >= 11 is 0. The van der Waals surface area contributed by atoms with Gasteiger partial charge in [-0.3, -0.25) is 19.2 Å². The molecule has 0 saturated heterocycles. The Morgan fingerprint density at radius 3 is 2.56 bits per heavy atom. The highest BCUT2D eigenvalue weighted by molar-refractivity contribution is 5.94. The second kappa shape index (κ2) is 12.1. The highest BCUT2D eigenvalue weighted by Crippen LogP contribution is 2.22. The van der Waals surface area contributed by atoms with Gasteiger partial charge in [0.1, 0.15) is 23.3 Å². The first kappa shape index (κ1) is 28.5. The minimum absolute atomic E-state index is 0.133. The van der Waals surface area contributed by atoms with Crippen LogP contribution >= 0.6 is 0 Å². The van der Waals surface area contributed by atoms with E-state index in [0.717, 1.165) is 36.9 Å². The minimum atomic E-state index is -0.667. The maximum Gasteiger partial charge on any atom is 0.261 e. The van der Waals surface area contributed by atoms with Crippen LogP contribution in [-0.2, 0) is 29.0 Å². The van der Waals surface area contributed by atoms with Gasteiger partial charge < -0.3 is 20.1 Å². The number of H-pyrrole nitrogens is 1. The molecular weight excluding hydrogens is 498 g/mol. The van der Waals surface area contributed by atoms with Gasteiger partial charge in [0.05, 0.1) is 12.6 Å². The Hall–Kier alpha value is -3.50. The van der Waals surface area contributed by atoms with Gasteiger partial charge >= 0.3 is 0 Å². The Morgan fingerprint density at radius 2 is 1.82 bits per heavy atom. The summed E-state index contributed by atoms with van der Waals surface area (Å²) in [6.45, 7) is 8.58. The lowest BCUT2D eigenvalue weighted by Crippen LogP contribution is -2.48. The lowest BCUT2D eigenvalue weighted by Gasteiger charge is -2.29. The maximum absolute atomic E-state index is 13.7. The zero-order valence-corrected chi connectivity index (χ0v) is 23.7. The summed E-state index contributed by atoms with van der Waals surface area (Å²) in [5, 5.41) is 7.66. The van der Waals surface area contributed by atoms with E-state index in [9.17, 15) is 19.2 Å². The first-order valence-electron chi connectivity index (χ1n) is 14.1. The molecule has 0 unspecified atom stereocenters. The molecule has 3 heterocycles. The zero-order valence-electron chi connectivity index (χ0n) is 23.7. The van der Waals surface area contributed by atoms with E-state index in [4.69, 9.17) is 0 Å². The van der Waals surface area contributed by atoms with Crippen molar-refractivity contribution in [1.29, 1.82) is 0 Å². The molecule has 1 aliphatic heterocycles. The van der Waals surface area contributed by atoms with Crippen molar-refractivity contribution in [2.75, 3.05) is 20.1 Å². The zero-order chi connectivity index (χ0) is 28.3. The molecule has 3 amide bonds. The Bertz CT molecular complexity index is 1280. The second-order valence-electron chi connectivity index (χ2n) is 11.2. The van der Waals surface area contributed by atoms with Crippen molar-refractivity contribution in [3.63, 3.8) is 0 Å². The summed E-state index contributed by atoms with van der Waals surface area (Å²) < 4.78 is 1.76. The van der Waals surface area contributed by atoms with Crippen LogP contribution in [0.15, 0.2) is 10.9 Å². The second-order valence-corrected chi connectivity index (χ2v) is 11.2. The molecule has 1 aliphatic carbocycles. The number of carbonyl (C=O) groups is 3. The Labute approximate surface area is 229 Å². The molecule has 2 N–H and O–H groups in total. The van der Waals surface area contributed by atoms with Crippen LogP contribution in [0.4, 0.5) is 0 Å². The van der Waals surface area contributed by atoms with E-state index in [1.807, 2.05) is 0 Å². The van der Waals surface area contributed by atoms with Crippen LogP contribution in [0.3, 0.4) is 0 Å². The number of amides is 3. The number of carbonyl (C=O) groups excluding carboxylic acids is 3. The highest BCUT2D eigenvalue weighted by Gasteiger charge is 2.29. The molecule has 2 aliphatic rings. The Balaban J connectivity index is 1.68. The first-order valence-corrected chi connectivity index (χ1v) is 14.1. The maximum atomic E-state index is 13.7. The summed E-state index contributed by atoms with van der Waals surface area (Å²) in [7, 11) is 1.62. The molecule has 0 saturated carbocycles. The van der Waals surface area contributed by atoms with Crippen LogP contribution in [-0.4, -0.2) is 73.4 Å². The summed E-state index contributed by atoms with van der Waals surface area (Å²) in [6.07, 6.45) is 4.96. The fraction of sp³-hybridized carbons (Fsp3) is 0.643. The number of hydrogen-bond donors (Lipinski definition) is 2. The van der Waals surface area contributed by atoms with Crippen LogP contribution in [0, 0.1) is 12.8 Å². The van der Waals surface area contributed by atoms with Crippen molar-refractivity contribution < 1.29 is 14.4 Å². The molecule has 2 atom stereocenters. The van der Waals surface area contributed by atoms with Crippen LogP contribution in [0.25, 0.3) is 0 Å². The van der Waals surface area contributed by atoms with Gasteiger partial charge in [-0.2, -0.15) is 5.10 Å². The summed E-state index contributed by atoms with van der Waals surface area (Å²) in [6, 6.07) is 0.681. The number of nitrogens with zero attached hydrogens (tertiary/aromatic N) is 5. The SMILES string of the molecule is Cc1nc2n(n1)CCN(C(=O)c1cc3c([nH]c1=O)CCCC3)CCCC(=O)N(C)[C@@H](C)C(=O)N[C@@H]2CC(C)C. The van der Waals surface area contributed by atoms with Gasteiger partial charge in [0.15, 0.2) is 0 Å². The van der Waals surface area contributed by atoms with Crippen molar-refractivity contribution in [1.82, 2.24) is 34.9 Å². The Morgan fingerprint density at radius 1 is 1.08 bits per heavy atom. The van der Waals surface area contributed by atoms with Gasteiger partial charge in [-0.05, 0) is 69.9 Å². The molecule has 2 aromatic heterocycles. The third kappa shape index (κ3) is 6.57. The monoisotopic (exact) mass is 539 g/mol. The lowest BCUT2D eigenvalue weighted by atomic mass is 9.95. The van der Waals surface area contributed by atoms with E-state index in [0.29, 0.717) is 37.6 Å². The number of fused-ring (bicyclic) bond motifs is 2. The van der Waals surface area contributed by atoms with Crippen LogP contribution < -0.4 is 10.9 Å². The molecular formula is C28H41N7O4. The summed E-state index contributed by atoms with van der Waals surface area (Å²) in [5.74, 6) is 0.685. The molecule has 11 heteroatoms. The summed E-state index contributed by atoms with van der Waals surface area (Å²) in [5.41, 5.74) is 1.71. The first-order chi connectivity index (χ1) is 18.5. The van der Waals surface area contributed by atoms with Gasteiger partial charge in [-0.15, -0.1) is 0 Å². The molecule has 4 rings (SSSR count). The van der Waals surface area contributed by atoms with Crippen LogP contribution in [0.1, 0.15) is 92.2 Å². The van der Waals surface area contributed by atoms with Gasteiger partial charge in [-0.1, -0.05) is 13.8 Å². The molecule has 11 nitrogen and oxygen atoms in total. The number of rotatable bonds is 3. The minimum Gasteiger partial charge on any atom is -0.344 e. The smallest absolute Gasteiger partial charge is 0.261 e. The average Bonchev–Trinajstić information content (AvgIpc) is 3.27.